The standard InChI is InChI=1S/C13H18N2S.C13H17NS.C9H9NS.C8H7NS.2C7H6N2S.6C2H6/c1-2-3-4-5-8-13-15-10-12(16-13)11-7-6-9-14-11;1-2-3-4-6-12-9-11(10-15-12)13-7-5-8-14-13;1-7-5-8(6-11-7)9-3-2-4-10-9;1-2-8(9-4-1)7-3-5-10-6-7;1-2-6(9-3-1)7-4-8-5-10-7;1-2-6(8-3-1)7-9-4-5-10-7;6*1-2/h6-7,9-10,14H,2-5,8H2,1H3;5,7-10,14H,2-4,6H2,1H3;2-6,10H,1H3;1-6,9H;1-5,9H;1-5,8H;6*1-2H3. The van der Waals surface area contributed by atoms with Crippen LogP contribution in [0.2, 0.25) is 0 Å². The molecule has 12 aromatic rings. The van der Waals surface area contributed by atoms with E-state index in [1.165, 1.54) is 115 Å². The SMILES string of the molecule is CC.CC.CC.CC.CC.CC.CCCCCCc1ncc(-c2ccc[nH]2)s1.CCCCCc1cc(-c2ccc[nH]2)cs1.Cc1cc(-c2ccc[nH]2)cs1.c1c[nH]c(-c2ccsc2)c1.c1c[nH]c(-c2cncs2)c1.c1c[nH]c(-c2nccs2)c1. The number of thiophene rings is 3. The fourth-order valence-corrected chi connectivity index (χ4v) is 11.6. The number of thiazole rings is 3. The molecule has 9 nitrogen and oxygen atoms in total. The highest BCUT2D eigenvalue weighted by Crippen LogP contribution is 2.28. The zero-order valence-electron chi connectivity index (χ0n) is 53.0. The van der Waals surface area contributed by atoms with E-state index in [0.717, 1.165) is 22.8 Å². The van der Waals surface area contributed by atoms with Crippen molar-refractivity contribution in [3.8, 4) is 65.6 Å². The van der Waals surface area contributed by atoms with Gasteiger partial charge < -0.3 is 29.9 Å². The minimum Gasteiger partial charge on any atom is -0.361 e. The Morgan fingerprint density at radius 2 is 0.905 bits per heavy atom. The average molecular weight is 1250 g/mol. The van der Waals surface area contributed by atoms with Crippen molar-refractivity contribution in [2.45, 2.75) is 162 Å². The van der Waals surface area contributed by atoms with Gasteiger partial charge in [-0.3, -0.25) is 4.98 Å². The predicted molar refractivity (Wildman–Crippen MR) is 382 cm³/mol. The highest BCUT2D eigenvalue weighted by atomic mass is 32.1. The third-order valence-corrected chi connectivity index (χ3v) is 16.1. The summed E-state index contributed by atoms with van der Waals surface area (Å²) in [6.45, 7) is 30.6. The number of rotatable bonds is 15. The second-order valence-electron chi connectivity index (χ2n) is 16.4. The topological polar surface area (TPSA) is 133 Å². The number of H-pyrrole nitrogens is 6. The van der Waals surface area contributed by atoms with Crippen molar-refractivity contribution in [2.75, 3.05) is 0 Å². The Kier molecular flexibility index (Phi) is 46.1. The van der Waals surface area contributed by atoms with E-state index < -0.39 is 0 Å². The van der Waals surface area contributed by atoms with Crippen LogP contribution >= 0.6 is 68.0 Å². The summed E-state index contributed by atoms with van der Waals surface area (Å²) in [5.41, 5.74) is 12.8. The van der Waals surface area contributed by atoms with Gasteiger partial charge >= 0.3 is 0 Å². The molecule has 0 aromatic carbocycles. The largest absolute Gasteiger partial charge is 0.361 e. The first kappa shape index (κ1) is 75.7. The number of nitrogens with zero attached hydrogens (tertiary/aromatic N) is 3. The lowest BCUT2D eigenvalue weighted by atomic mass is 10.1. The molecule has 0 aliphatic rings. The smallest absolute Gasteiger partial charge is 0.139 e. The number of aromatic nitrogens is 9. The summed E-state index contributed by atoms with van der Waals surface area (Å²) in [6, 6.07) is 31.1. The van der Waals surface area contributed by atoms with E-state index in [9.17, 15) is 0 Å². The Morgan fingerprint density at radius 3 is 1.36 bits per heavy atom. The quantitative estimate of drug-likeness (QED) is 0.0571. The summed E-state index contributed by atoms with van der Waals surface area (Å²) in [7, 11) is 0. The van der Waals surface area contributed by atoms with Crippen LogP contribution < -0.4 is 0 Å². The fourth-order valence-electron chi connectivity index (χ4n) is 7.12. The van der Waals surface area contributed by atoms with Gasteiger partial charge in [0, 0.05) is 121 Å². The van der Waals surface area contributed by atoms with Crippen LogP contribution in [0.5, 0.6) is 0 Å². The molecule has 0 fully saturated rings. The first-order chi connectivity index (χ1) is 41.6. The maximum absolute atomic E-state index is 4.47. The molecule has 0 saturated heterocycles. The van der Waals surface area contributed by atoms with Crippen LogP contribution in [0.25, 0.3) is 65.6 Å². The van der Waals surface area contributed by atoms with Crippen LogP contribution in [0.4, 0.5) is 0 Å². The zero-order chi connectivity index (χ0) is 61.8. The molecule has 0 amide bonds. The molecular weight excluding hydrogens is 1150 g/mol. The lowest BCUT2D eigenvalue weighted by molar-refractivity contribution is 0.665. The third kappa shape index (κ3) is 30.0. The van der Waals surface area contributed by atoms with Crippen LogP contribution in [-0.4, -0.2) is 44.9 Å². The van der Waals surface area contributed by atoms with Gasteiger partial charge in [-0.2, -0.15) is 11.3 Å². The molecule has 12 rings (SSSR count). The maximum atomic E-state index is 4.47. The van der Waals surface area contributed by atoms with Gasteiger partial charge in [0.1, 0.15) is 5.01 Å². The molecule has 456 valence electrons. The van der Waals surface area contributed by atoms with E-state index in [1.54, 1.807) is 62.9 Å². The first-order valence-electron chi connectivity index (χ1n) is 30.3. The van der Waals surface area contributed by atoms with Gasteiger partial charge in [0.15, 0.2) is 0 Å². The molecular formula is C69H99N9S6. The molecule has 0 radical (unpaired) electrons. The van der Waals surface area contributed by atoms with Crippen LogP contribution in [0.3, 0.4) is 0 Å². The molecule has 6 N–H and O–H groups in total. The number of unbranched alkanes of at least 4 members (excludes halogenated alkanes) is 5. The van der Waals surface area contributed by atoms with Gasteiger partial charge in [-0.1, -0.05) is 129 Å². The molecule has 0 aliphatic carbocycles. The Morgan fingerprint density at radius 1 is 0.417 bits per heavy atom. The highest BCUT2D eigenvalue weighted by molar-refractivity contribution is 7.15. The molecule has 12 heterocycles. The molecule has 12 aromatic heterocycles. The van der Waals surface area contributed by atoms with E-state index in [-0.39, 0.29) is 0 Å². The van der Waals surface area contributed by atoms with Gasteiger partial charge in [0.25, 0.3) is 0 Å². The van der Waals surface area contributed by atoms with Crippen molar-refractivity contribution in [2.24, 2.45) is 0 Å². The average Bonchev–Trinajstić information content (AvgIpc) is 4.40. The second-order valence-corrected chi connectivity index (χ2v) is 22.1. The van der Waals surface area contributed by atoms with Crippen LogP contribution in [-0.2, 0) is 12.8 Å². The number of aromatic amines is 6. The number of aryl methyl sites for hydroxylation is 3. The van der Waals surface area contributed by atoms with E-state index in [4.69, 9.17) is 0 Å². The van der Waals surface area contributed by atoms with Crippen molar-refractivity contribution in [1.82, 2.24) is 44.9 Å². The summed E-state index contributed by atoms with van der Waals surface area (Å²) in [5, 5.41) is 12.9. The molecule has 0 saturated carbocycles. The van der Waals surface area contributed by atoms with Crippen molar-refractivity contribution in [1.29, 1.82) is 0 Å². The second kappa shape index (κ2) is 51.1. The molecule has 0 atom stereocenters. The molecule has 0 aliphatic heterocycles. The van der Waals surface area contributed by atoms with Gasteiger partial charge in [-0.25, -0.2) is 9.97 Å². The van der Waals surface area contributed by atoms with Crippen molar-refractivity contribution in [3.63, 3.8) is 0 Å². The Hall–Kier alpha value is -6.33. The van der Waals surface area contributed by atoms with E-state index in [1.807, 2.05) is 203 Å². The highest BCUT2D eigenvalue weighted by Gasteiger charge is 2.06. The van der Waals surface area contributed by atoms with E-state index >= 15 is 0 Å². The van der Waals surface area contributed by atoms with Gasteiger partial charge in [-0.15, -0.1) is 56.7 Å². The monoisotopic (exact) mass is 1250 g/mol. The van der Waals surface area contributed by atoms with Gasteiger partial charge in [0.2, 0.25) is 0 Å². The number of hydrogen-bond acceptors (Lipinski definition) is 9. The van der Waals surface area contributed by atoms with Gasteiger partial charge in [0.05, 0.1) is 37.4 Å². The predicted octanol–water partition coefficient (Wildman–Crippen LogP) is 25.0. The van der Waals surface area contributed by atoms with Crippen LogP contribution in [0, 0.1) is 6.92 Å². The minimum atomic E-state index is 1.05. The lowest BCUT2D eigenvalue weighted by Crippen LogP contribution is -1.83. The lowest BCUT2D eigenvalue weighted by Gasteiger charge is -1.95. The van der Waals surface area contributed by atoms with Crippen molar-refractivity contribution >= 4 is 68.0 Å². The number of nitrogens with one attached hydrogen (secondary N) is 6. The van der Waals surface area contributed by atoms with E-state index in [0.29, 0.717) is 0 Å². The fraction of sp³-hybridized carbons (Fsp3) is 0.348. The molecule has 0 unspecified atom stereocenters. The first-order valence-corrected chi connectivity index (χ1v) is 35.5. The summed E-state index contributed by atoms with van der Waals surface area (Å²) in [4.78, 5) is 36.9. The van der Waals surface area contributed by atoms with Crippen LogP contribution in [0.1, 0.15) is 157 Å². The summed E-state index contributed by atoms with van der Waals surface area (Å²) < 4.78 is 0. The van der Waals surface area contributed by atoms with Gasteiger partial charge in [-0.05, 0) is 129 Å². The zero-order valence-corrected chi connectivity index (χ0v) is 57.9. The Balaban J connectivity index is 0.000000489. The van der Waals surface area contributed by atoms with Crippen LogP contribution in [0.15, 0.2) is 179 Å². The summed E-state index contributed by atoms with van der Waals surface area (Å²) in [6.07, 6.45) is 28.8. The Bertz CT molecular complexity index is 2810. The molecule has 0 bridgehead atoms. The third-order valence-electron chi connectivity index (χ3n) is 10.9. The molecule has 0 spiro atoms. The minimum absolute atomic E-state index is 1.05. The van der Waals surface area contributed by atoms with Crippen molar-refractivity contribution < 1.29 is 0 Å². The Labute approximate surface area is 530 Å². The summed E-state index contributed by atoms with van der Waals surface area (Å²) >= 11 is 10.5. The molecule has 84 heavy (non-hydrogen) atoms. The maximum Gasteiger partial charge on any atom is 0.139 e. The van der Waals surface area contributed by atoms with E-state index in [2.05, 4.69) is 130 Å². The molecule has 15 heteroatoms. The number of hydrogen-bond donors (Lipinski definition) is 6. The normalized spacial score (nSPS) is 9.32. The summed E-state index contributed by atoms with van der Waals surface area (Å²) in [5.74, 6) is 0. The van der Waals surface area contributed by atoms with Crippen molar-refractivity contribution in [3.05, 3.63) is 194 Å².